The summed E-state index contributed by atoms with van der Waals surface area (Å²) in [6.45, 7) is 5.08. The molecule has 0 aromatic heterocycles. The molecule has 0 radical (unpaired) electrons. The van der Waals surface area contributed by atoms with Gasteiger partial charge in [0.05, 0.1) is 18.8 Å². The van der Waals surface area contributed by atoms with E-state index in [2.05, 4.69) is 32.0 Å². The third kappa shape index (κ3) is 3.56. The van der Waals surface area contributed by atoms with Crippen LogP contribution in [0.15, 0.2) is 24.3 Å². The predicted molar refractivity (Wildman–Crippen MR) is 75.5 cm³/mol. The molecule has 0 amide bonds. The van der Waals surface area contributed by atoms with Crippen molar-refractivity contribution in [3.63, 3.8) is 0 Å². The summed E-state index contributed by atoms with van der Waals surface area (Å²) in [6.07, 6.45) is 5.41. The van der Waals surface area contributed by atoms with Crippen molar-refractivity contribution in [3.05, 3.63) is 35.4 Å². The van der Waals surface area contributed by atoms with E-state index in [1.54, 1.807) is 0 Å². The van der Waals surface area contributed by atoms with Crippen LogP contribution in [0.25, 0.3) is 0 Å². The number of aryl methyl sites for hydroxylation is 1. The summed E-state index contributed by atoms with van der Waals surface area (Å²) in [5.41, 5.74) is 8.68. The average Bonchev–Trinajstić information content (AvgIpc) is 2.38. The first-order valence-electron chi connectivity index (χ1n) is 7.09. The highest BCUT2D eigenvalue weighted by molar-refractivity contribution is 5.28. The summed E-state index contributed by atoms with van der Waals surface area (Å²) in [6, 6.07) is 8.31. The zero-order chi connectivity index (χ0) is 13.0. The van der Waals surface area contributed by atoms with Gasteiger partial charge in [-0.1, -0.05) is 31.2 Å². The summed E-state index contributed by atoms with van der Waals surface area (Å²) in [5.74, 6) is 0.870. The fourth-order valence-corrected chi connectivity index (χ4v) is 2.73. The summed E-state index contributed by atoms with van der Waals surface area (Å²) >= 11 is 0. The van der Waals surface area contributed by atoms with Crippen molar-refractivity contribution in [2.24, 2.45) is 11.7 Å². The summed E-state index contributed by atoms with van der Waals surface area (Å²) < 4.78 is 5.98. The van der Waals surface area contributed by atoms with Crippen LogP contribution in [0.3, 0.4) is 0 Å². The first-order valence-corrected chi connectivity index (χ1v) is 7.09. The highest BCUT2D eigenvalue weighted by Crippen LogP contribution is 2.26. The number of hydrogen-bond acceptors (Lipinski definition) is 2. The Balaban J connectivity index is 1.81. The molecule has 1 aromatic rings. The van der Waals surface area contributed by atoms with Crippen molar-refractivity contribution >= 4 is 0 Å². The summed E-state index contributed by atoms with van der Waals surface area (Å²) in [7, 11) is 0. The lowest BCUT2D eigenvalue weighted by Crippen LogP contribution is -2.26. The van der Waals surface area contributed by atoms with E-state index >= 15 is 0 Å². The molecule has 0 saturated heterocycles. The van der Waals surface area contributed by atoms with Gasteiger partial charge in [-0.15, -0.1) is 0 Å². The lowest BCUT2D eigenvalue weighted by molar-refractivity contribution is 0.0125. The number of rotatable bonds is 4. The average molecular weight is 247 g/mol. The van der Waals surface area contributed by atoms with E-state index in [-0.39, 0.29) is 6.04 Å². The van der Waals surface area contributed by atoms with Gasteiger partial charge in [0.25, 0.3) is 0 Å². The second kappa shape index (κ2) is 6.35. The van der Waals surface area contributed by atoms with E-state index in [0.717, 1.165) is 5.92 Å². The Morgan fingerprint density at radius 1 is 1.22 bits per heavy atom. The van der Waals surface area contributed by atoms with Crippen LogP contribution in [-0.2, 0) is 4.74 Å². The Bertz CT molecular complexity index is 369. The molecule has 1 aliphatic carbocycles. The van der Waals surface area contributed by atoms with E-state index in [1.807, 2.05) is 6.07 Å². The van der Waals surface area contributed by atoms with Crippen LogP contribution in [0, 0.1) is 12.8 Å². The molecule has 0 spiro atoms. The number of nitrogens with two attached hydrogens (primary N) is 1. The molecule has 2 rings (SSSR count). The van der Waals surface area contributed by atoms with Gasteiger partial charge in [0.2, 0.25) is 0 Å². The largest absolute Gasteiger partial charge is 0.376 e. The van der Waals surface area contributed by atoms with Crippen LogP contribution in [0.5, 0.6) is 0 Å². The van der Waals surface area contributed by atoms with Gasteiger partial charge >= 0.3 is 0 Å². The quantitative estimate of drug-likeness (QED) is 0.882. The summed E-state index contributed by atoms with van der Waals surface area (Å²) in [4.78, 5) is 0. The molecule has 1 atom stereocenters. The van der Waals surface area contributed by atoms with E-state index in [4.69, 9.17) is 10.5 Å². The Hall–Kier alpha value is -0.860. The molecule has 18 heavy (non-hydrogen) atoms. The van der Waals surface area contributed by atoms with Crippen molar-refractivity contribution < 1.29 is 4.74 Å². The monoisotopic (exact) mass is 247 g/mol. The number of ether oxygens (including phenoxy) is 1. The molecule has 0 bridgehead atoms. The first kappa shape index (κ1) is 13.6. The molecule has 2 nitrogen and oxygen atoms in total. The van der Waals surface area contributed by atoms with Gasteiger partial charge in [0, 0.05) is 0 Å². The van der Waals surface area contributed by atoms with Crippen molar-refractivity contribution in [1.82, 2.24) is 0 Å². The molecule has 1 aliphatic rings. The van der Waals surface area contributed by atoms with Gasteiger partial charge in [-0.25, -0.2) is 0 Å². The SMILES string of the molecule is Cc1ccccc1C(N)COC1CCC(C)CC1. The smallest absolute Gasteiger partial charge is 0.0663 e. The van der Waals surface area contributed by atoms with Crippen LogP contribution in [0.4, 0.5) is 0 Å². The van der Waals surface area contributed by atoms with Gasteiger partial charge in [-0.2, -0.15) is 0 Å². The van der Waals surface area contributed by atoms with E-state index in [9.17, 15) is 0 Å². The Morgan fingerprint density at radius 3 is 2.56 bits per heavy atom. The van der Waals surface area contributed by atoms with E-state index < -0.39 is 0 Å². The molecule has 2 heteroatoms. The zero-order valence-corrected chi connectivity index (χ0v) is 11.6. The standard InChI is InChI=1S/C16H25NO/c1-12-7-9-14(10-8-12)18-11-16(17)15-6-4-3-5-13(15)2/h3-6,12,14,16H,7-11,17H2,1-2H3. The van der Waals surface area contributed by atoms with Gasteiger partial charge in [0.15, 0.2) is 0 Å². The Kier molecular flexibility index (Phi) is 4.79. The van der Waals surface area contributed by atoms with Crippen LogP contribution >= 0.6 is 0 Å². The van der Waals surface area contributed by atoms with Gasteiger partial charge < -0.3 is 10.5 Å². The van der Waals surface area contributed by atoms with Crippen molar-refractivity contribution in [1.29, 1.82) is 0 Å². The molecule has 1 fully saturated rings. The molecule has 0 heterocycles. The number of hydrogen-bond donors (Lipinski definition) is 1. The lowest BCUT2D eigenvalue weighted by Gasteiger charge is -2.27. The predicted octanol–water partition coefficient (Wildman–Crippen LogP) is 3.59. The molecule has 1 unspecified atom stereocenters. The second-order valence-corrected chi connectivity index (χ2v) is 5.68. The fraction of sp³-hybridized carbons (Fsp3) is 0.625. The van der Waals surface area contributed by atoms with Crippen LogP contribution < -0.4 is 5.73 Å². The second-order valence-electron chi connectivity index (χ2n) is 5.68. The van der Waals surface area contributed by atoms with E-state index in [1.165, 1.54) is 36.8 Å². The van der Waals surface area contributed by atoms with Crippen LogP contribution in [0.1, 0.15) is 49.8 Å². The molecule has 1 aromatic carbocycles. The maximum Gasteiger partial charge on any atom is 0.0663 e. The molecule has 100 valence electrons. The first-order chi connectivity index (χ1) is 8.66. The van der Waals surface area contributed by atoms with Crippen LogP contribution in [0.2, 0.25) is 0 Å². The topological polar surface area (TPSA) is 35.2 Å². The lowest BCUT2D eigenvalue weighted by atomic mass is 9.89. The maximum atomic E-state index is 6.22. The summed E-state index contributed by atoms with van der Waals surface area (Å²) in [5, 5.41) is 0. The minimum absolute atomic E-state index is 0.00514. The van der Waals surface area contributed by atoms with Gasteiger partial charge in [-0.3, -0.25) is 0 Å². The highest BCUT2D eigenvalue weighted by atomic mass is 16.5. The highest BCUT2D eigenvalue weighted by Gasteiger charge is 2.19. The van der Waals surface area contributed by atoms with Crippen molar-refractivity contribution in [2.45, 2.75) is 51.7 Å². The number of benzene rings is 1. The van der Waals surface area contributed by atoms with Gasteiger partial charge in [-0.05, 0) is 49.7 Å². The molecular weight excluding hydrogens is 222 g/mol. The van der Waals surface area contributed by atoms with Crippen LogP contribution in [-0.4, -0.2) is 12.7 Å². The van der Waals surface area contributed by atoms with E-state index in [0.29, 0.717) is 12.7 Å². The molecule has 2 N–H and O–H groups in total. The fourth-order valence-electron chi connectivity index (χ4n) is 2.73. The van der Waals surface area contributed by atoms with Gasteiger partial charge in [0.1, 0.15) is 0 Å². The minimum Gasteiger partial charge on any atom is -0.376 e. The zero-order valence-electron chi connectivity index (χ0n) is 11.6. The minimum atomic E-state index is 0.00514. The molecular formula is C16H25NO. The van der Waals surface area contributed by atoms with Crippen molar-refractivity contribution in [3.8, 4) is 0 Å². The molecule has 0 aliphatic heterocycles. The maximum absolute atomic E-state index is 6.22. The third-order valence-corrected chi connectivity index (χ3v) is 4.06. The normalized spacial score (nSPS) is 25.9. The third-order valence-electron chi connectivity index (χ3n) is 4.06. The Labute approximate surface area is 111 Å². The van der Waals surface area contributed by atoms with Crippen molar-refractivity contribution in [2.75, 3.05) is 6.61 Å². The Morgan fingerprint density at radius 2 is 1.89 bits per heavy atom. The molecule has 1 saturated carbocycles.